The SMILES string of the molecule is CCc1nc2nc(C)nc(NCc3cccc(C(F)(F)CC)c3F)c2cc1C1(C#N)CC1. The Morgan fingerprint density at radius 3 is 2.56 bits per heavy atom. The predicted octanol–water partition coefficient (Wildman–Crippen LogP) is 5.70. The number of alkyl halides is 2. The molecule has 0 radical (unpaired) electrons. The Bertz CT molecular complexity index is 1230. The lowest BCUT2D eigenvalue weighted by Gasteiger charge is -2.18. The lowest BCUT2D eigenvalue weighted by Crippen LogP contribution is -2.16. The lowest BCUT2D eigenvalue weighted by molar-refractivity contribution is -0.0118. The number of pyridine rings is 1. The molecule has 0 amide bonds. The minimum atomic E-state index is -3.23. The maximum absolute atomic E-state index is 14.8. The first-order valence-corrected chi connectivity index (χ1v) is 10.7. The first-order chi connectivity index (χ1) is 15.2. The van der Waals surface area contributed by atoms with E-state index in [-0.39, 0.29) is 12.1 Å². The second kappa shape index (κ2) is 8.05. The van der Waals surface area contributed by atoms with Crippen LogP contribution in [-0.2, 0) is 24.3 Å². The molecule has 0 aliphatic heterocycles. The summed E-state index contributed by atoms with van der Waals surface area (Å²) in [5, 5.41) is 13.4. The summed E-state index contributed by atoms with van der Waals surface area (Å²) in [5.41, 5.74) is 1.18. The maximum Gasteiger partial charge on any atom is 0.275 e. The summed E-state index contributed by atoms with van der Waals surface area (Å²) < 4.78 is 43.0. The van der Waals surface area contributed by atoms with Gasteiger partial charge >= 0.3 is 0 Å². The molecular formula is C24H24F3N5. The number of nitriles is 1. The largest absolute Gasteiger partial charge is 0.365 e. The van der Waals surface area contributed by atoms with Crippen molar-refractivity contribution < 1.29 is 13.2 Å². The highest BCUT2D eigenvalue weighted by Crippen LogP contribution is 2.49. The van der Waals surface area contributed by atoms with E-state index in [1.165, 1.54) is 19.1 Å². The van der Waals surface area contributed by atoms with E-state index in [1.807, 2.05) is 13.0 Å². The third-order valence-electron chi connectivity index (χ3n) is 6.06. The normalized spacial score (nSPS) is 14.9. The summed E-state index contributed by atoms with van der Waals surface area (Å²) in [5.74, 6) is -3.24. The number of rotatable bonds is 7. The lowest BCUT2D eigenvalue weighted by atomic mass is 9.94. The highest BCUT2D eigenvalue weighted by atomic mass is 19.3. The van der Waals surface area contributed by atoms with Crippen LogP contribution in [0.15, 0.2) is 24.3 Å². The van der Waals surface area contributed by atoms with Crippen LogP contribution in [-0.4, -0.2) is 15.0 Å². The molecule has 3 aromatic rings. The molecule has 0 unspecified atom stereocenters. The van der Waals surface area contributed by atoms with Gasteiger partial charge in [0.05, 0.1) is 22.4 Å². The molecule has 0 bridgehead atoms. The van der Waals surface area contributed by atoms with E-state index in [0.717, 1.165) is 30.2 Å². The molecule has 0 saturated heterocycles. The summed E-state index contributed by atoms with van der Waals surface area (Å²) >= 11 is 0. The van der Waals surface area contributed by atoms with Crippen molar-refractivity contribution in [3.05, 3.63) is 58.3 Å². The number of fused-ring (bicyclic) bond motifs is 1. The van der Waals surface area contributed by atoms with Gasteiger partial charge in [0.15, 0.2) is 5.65 Å². The van der Waals surface area contributed by atoms with Crippen LogP contribution in [0.3, 0.4) is 0 Å². The molecule has 1 aliphatic carbocycles. The summed E-state index contributed by atoms with van der Waals surface area (Å²) in [6.45, 7) is 5.01. The number of aromatic nitrogens is 3. The second-order valence-corrected chi connectivity index (χ2v) is 8.21. The van der Waals surface area contributed by atoms with Crippen molar-refractivity contribution >= 4 is 16.9 Å². The molecule has 4 rings (SSSR count). The number of hydrogen-bond acceptors (Lipinski definition) is 5. The van der Waals surface area contributed by atoms with E-state index in [1.54, 1.807) is 6.92 Å². The number of aryl methyl sites for hydroxylation is 2. The van der Waals surface area contributed by atoms with E-state index in [2.05, 4.69) is 26.3 Å². The molecule has 166 valence electrons. The monoisotopic (exact) mass is 439 g/mol. The van der Waals surface area contributed by atoms with Crippen molar-refractivity contribution in [3.63, 3.8) is 0 Å². The van der Waals surface area contributed by atoms with Gasteiger partial charge in [0.2, 0.25) is 0 Å². The molecule has 0 atom stereocenters. The average molecular weight is 439 g/mol. The van der Waals surface area contributed by atoms with Gasteiger partial charge in [-0.15, -0.1) is 0 Å². The van der Waals surface area contributed by atoms with Gasteiger partial charge in [0.1, 0.15) is 17.5 Å². The van der Waals surface area contributed by atoms with Crippen LogP contribution in [0.2, 0.25) is 0 Å². The van der Waals surface area contributed by atoms with E-state index in [9.17, 15) is 18.4 Å². The van der Waals surface area contributed by atoms with Gasteiger partial charge in [-0.05, 0) is 37.8 Å². The molecule has 2 aromatic heterocycles. The fourth-order valence-electron chi connectivity index (χ4n) is 3.95. The topological polar surface area (TPSA) is 74.5 Å². The Balaban J connectivity index is 1.74. The van der Waals surface area contributed by atoms with Crippen LogP contribution >= 0.6 is 0 Å². The Hall–Kier alpha value is -3.21. The summed E-state index contributed by atoms with van der Waals surface area (Å²) in [4.78, 5) is 13.6. The fourth-order valence-corrected chi connectivity index (χ4v) is 3.95. The van der Waals surface area contributed by atoms with E-state index >= 15 is 0 Å². The third-order valence-corrected chi connectivity index (χ3v) is 6.06. The minimum absolute atomic E-state index is 0.0285. The molecular weight excluding hydrogens is 415 g/mol. The van der Waals surface area contributed by atoms with Gasteiger partial charge in [0.25, 0.3) is 5.92 Å². The molecule has 2 heterocycles. The van der Waals surface area contributed by atoms with E-state index < -0.39 is 29.1 Å². The van der Waals surface area contributed by atoms with Gasteiger partial charge < -0.3 is 5.32 Å². The molecule has 5 nitrogen and oxygen atoms in total. The fraction of sp³-hybridized carbons (Fsp3) is 0.417. The summed E-state index contributed by atoms with van der Waals surface area (Å²) in [6.07, 6.45) is 1.75. The predicted molar refractivity (Wildman–Crippen MR) is 116 cm³/mol. The van der Waals surface area contributed by atoms with Crippen molar-refractivity contribution in [1.29, 1.82) is 5.26 Å². The van der Waals surface area contributed by atoms with Gasteiger partial charge in [-0.25, -0.2) is 28.1 Å². The van der Waals surface area contributed by atoms with Crippen molar-refractivity contribution in [2.24, 2.45) is 0 Å². The van der Waals surface area contributed by atoms with E-state index in [0.29, 0.717) is 29.1 Å². The van der Waals surface area contributed by atoms with Crippen LogP contribution in [0.25, 0.3) is 11.0 Å². The zero-order valence-corrected chi connectivity index (χ0v) is 18.3. The summed E-state index contributed by atoms with van der Waals surface area (Å²) in [7, 11) is 0. The molecule has 32 heavy (non-hydrogen) atoms. The molecule has 1 saturated carbocycles. The van der Waals surface area contributed by atoms with Crippen molar-refractivity contribution in [3.8, 4) is 6.07 Å². The first-order valence-electron chi connectivity index (χ1n) is 10.7. The number of hydrogen-bond donors (Lipinski definition) is 1. The molecule has 1 N–H and O–H groups in total. The first kappa shape index (κ1) is 22.0. The second-order valence-electron chi connectivity index (χ2n) is 8.21. The highest BCUT2D eigenvalue weighted by molar-refractivity contribution is 5.87. The smallest absolute Gasteiger partial charge is 0.275 e. The minimum Gasteiger partial charge on any atom is -0.365 e. The van der Waals surface area contributed by atoms with Crippen molar-refractivity contribution in [2.45, 2.75) is 64.3 Å². The summed E-state index contributed by atoms with van der Waals surface area (Å²) in [6, 6.07) is 8.33. The molecule has 8 heteroatoms. The molecule has 1 aromatic carbocycles. The third kappa shape index (κ3) is 3.77. The molecule has 1 fully saturated rings. The standard InChI is InChI=1S/C24H24F3N5/c1-4-19-18(23(13-28)9-10-23)11-16-21(30-14(3)31-22(16)32-19)29-12-15-7-6-8-17(20(15)25)24(26,27)5-2/h6-8,11H,4-5,9-10,12H2,1-3H3,(H,29,30,31,32). The van der Waals surface area contributed by atoms with Crippen LogP contribution in [0.1, 0.15) is 61.3 Å². The number of benzene rings is 1. The van der Waals surface area contributed by atoms with Gasteiger partial charge in [0, 0.05) is 24.2 Å². The Morgan fingerprint density at radius 2 is 1.94 bits per heavy atom. The highest BCUT2D eigenvalue weighted by Gasteiger charge is 2.46. The van der Waals surface area contributed by atoms with Crippen LogP contribution in [0, 0.1) is 24.1 Å². The van der Waals surface area contributed by atoms with Crippen LogP contribution < -0.4 is 5.32 Å². The Kier molecular flexibility index (Phi) is 5.53. The van der Waals surface area contributed by atoms with Gasteiger partial charge in [-0.1, -0.05) is 32.0 Å². The van der Waals surface area contributed by atoms with Gasteiger partial charge in [-0.3, -0.25) is 0 Å². The zero-order valence-electron chi connectivity index (χ0n) is 18.3. The number of halogens is 3. The molecule has 0 spiro atoms. The molecule has 1 aliphatic rings. The van der Waals surface area contributed by atoms with Crippen molar-refractivity contribution in [2.75, 3.05) is 5.32 Å². The Morgan fingerprint density at radius 1 is 1.19 bits per heavy atom. The number of nitrogens with one attached hydrogen (secondary N) is 1. The van der Waals surface area contributed by atoms with Gasteiger partial charge in [-0.2, -0.15) is 5.26 Å². The number of anilines is 1. The number of nitrogens with zero attached hydrogens (tertiary/aromatic N) is 4. The zero-order chi connectivity index (χ0) is 23.1. The van der Waals surface area contributed by atoms with E-state index in [4.69, 9.17) is 0 Å². The van der Waals surface area contributed by atoms with Crippen LogP contribution in [0.4, 0.5) is 19.0 Å². The maximum atomic E-state index is 14.8. The van der Waals surface area contributed by atoms with Crippen LogP contribution in [0.5, 0.6) is 0 Å². The average Bonchev–Trinajstić information content (AvgIpc) is 3.58. The van der Waals surface area contributed by atoms with Crippen molar-refractivity contribution in [1.82, 2.24) is 15.0 Å². The quantitative estimate of drug-likeness (QED) is 0.511. The Labute approximate surface area is 184 Å².